The summed E-state index contributed by atoms with van der Waals surface area (Å²) in [6, 6.07) is 12.2. The van der Waals surface area contributed by atoms with Crippen LogP contribution in [-0.2, 0) is 4.79 Å². The summed E-state index contributed by atoms with van der Waals surface area (Å²) in [6.45, 7) is 8.19. The van der Waals surface area contributed by atoms with Crippen molar-refractivity contribution in [1.29, 1.82) is 0 Å². The zero-order valence-corrected chi connectivity index (χ0v) is 18.4. The van der Waals surface area contributed by atoms with Crippen molar-refractivity contribution in [2.75, 3.05) is 25.1 Å². The average Bonchev–Trinajstić information content (AvgIpc) is 2.74. The Morgan fingerprint density at radius 3 is 2.48 bits per heavy atom. The second-order valence-electron chi connectivity index (χ2n) is 9.39. The van der Waals surface area contributed by atoms with E-state index in [9.17, 15) is 4.79 Å². The minimum Gasteiger partial charge on any atom is -0.494 e. The monoisotopic (exact) mass is 419 g/mol. The first kappa shape index (κ1) is 20.0. The Labute approximate surface area is 183 Å². The molecule has 5 nitrogen and oxygen atoms in total. The molecule has 2 aromatic rings. The fourth-order valence-electron chi connectivity index (χ4n) is 4.87. The van der Waals surface area contributed by atoms with E-state index in [2.05, 4.69) is 38.2 Å². The summed E-state index contributed by atoms with van der Waals surface area (Å²) < 4.78 is 17.4. The summed E-state index contributed by atoms with van der Waals surface area (Å²) >= 11 is 0. The Bertz CT molecular complexity index is 1050. The van der Waals surface area contributed by atoms with Gasteiger partial charge in [0.2, 0.25) is 0 Å². The minimum absolute atomic E-state index is 0.0589. The molecule has 2 heterocycles. The van der Waals surface area contributed by atoms with Gasteiger partial charge >= 0.3 is 0 Å². The molecule has 1 N–H and O–H groups in total. The first-order valence-electron chi connectivity index (χ1n) is 11.1. The van der Waals surface area contributed by atoms with Crippen LogP contribution in [-0.4, -0.2) is 25.6 Å². The number of anilines is 1. The third-order valence-corrected chi connectivity index (χ3v) is 6.21. The largest absolute Gasteiger partial charge is 0.494 e. The Balaban J connectivity index is 1.63. The average molecular weight is 420 g/mol. The summed E-state index contributed by atoms with van der Waals surface area (Å²) in [5, 5.41) is 3.57. The maximum atomic E-state index is 13.4. The molecule has 0 amide bonds. The highest BCUT2D eigenvalue weighted by Crippen LogP contribution is 2.51. The molecule has 0 fully saturated rings. The number of hydrogen-bond donors (Lipinski definition) is 1. The fraction of sp³-hybridized carbons (Fsp3) is 0.423. The standard InChI is InChI=1S/C26H29NO4/c1-4-9-29-17-7-5-16(6-8-17)24-18-12-22-23(31-11-10-30-22)13-19(18)27-20-14-26(2,3)15-21(28)25(20)24/h5-8,12-13,24,27H,4,9-11,14-15H2,1-3H3. The van der Waals surface area contributed by atoms with Crippen molar-refractivity contribution in [3.8, 4) is 17.2 Å². The number of allylic oxidation sites excluding steroid dienone is 2. The van der Waals surface area contributed by atoms with Crippen LogP contribution in [0.3, 0.4) is 0 Å². The van der Waals surface area contributed by atoms with Gasteiger partial charge in [-0.15, -0.1) is 0 Å². The third kappa shape index (κ3) is 3.67. The van der Waals surface area contributed by atoms with Gasteiger partial charge in [-0.3, -0.25) is 4.79 Å². The van der Waals surface area contributed by atoms with Gasteiger partial charge in [0.15, 0.2) is 17.3 Å². The predicted octanol–water partition coefficient (Wildman–Crippen LogP) is 5.45. The van der Waals surface area contributed by atoms with Gasteiger partial charge in [0.05, 0.1) is 6.61 Å². The Kier molecular flexibility index (Phi) is 4.92. The van der Waals surface area contributed by atoms with Crippen LogP contribution < -0.4 is 19.5 Å². The van der Waals surface area contributed by atoms with Crippen LogP contribution in [0.2, 0.25) is 0 Å². The molecule has 3 aliphatic rings. The van der Waals surface area contributed by atoms with Crippen molar-refractivity contribution >= 4 is 11.5 Å². The highest BCUT2D eigenvalue weighted by atomic mass is 16.6. The number of carbonyl (C=O) groups is 1. The third-order valence-electron chi connectivity index (χ3n) is 6.21. The normalized spacial score (nSPS) is 21.1. The maximum absolute atomic E-state index is 13.4. The van der Waals surface area contributed by atoms with Crippen molar-refractivity contribution in [3.05, 3.63) is 58.8 Å². The number of carbonyl (C=O) groups excluding carboxylic acids is 1. The van der Waals surface area contributed by atoms with E-state index >= 15 is 0 Å². The van der Waals surface area contributed by atoms with Crippen LogP contribution in [0.1, 0.15) is 57.1 Å². The quantitative estimate of drug-likeness (QED) is 0.714. The summed E-state index contributed by atoms with van der Waals surface area (Å²) in [4.78, 5) is 13.4. The van der Waals surface area contributed by atoms with Crippen molar-refractivity contribution < 1.29 is 19.0 Å². The van der Waals surface area contributed by atoms with Crippen molar-refractivity contribution in [2.24, 2.45) is 5.41 Å². The van der Waals surface area contributed by atoms with Crippen LogP contribution in [0.5, 0.6) is 17.2 Å². The molecule has 5 heteroatoms. The Morgan fingerprint density at radius 1 is 1.06 bits per heavy atom. The lowest BCUT2D eigenvalue weighted by atomic mass is 9.68. The molecule has 1 atom stereocenters. The number of ketones is 1. The summed E-state index contributed by atoms with van der Waals surface area (Å²) in [6.07, 6.45) is 2.37. The predicted molar refractivity (Wildman–Crippen MR) is 120 cm³/mol. The van der Waals surface area contributed by atoms with E-state index in [0.29, 0.717) is 26.2 Å². The zero-order valence-electron chi connectivity index (χ0n) is 18.4. The molecule has 0 saturated carbocycles. The second kappa shape index (κ2) is 7.63. The molecule has 1 aliphatic carbocycles. The van der Waals surface area contributed by atoms with Gasteiger partial charge in [0.25, 0.3) is 0 Å². The van der Waals surface area contributed by atoms with Gasteiger partial charge in [-0.25, -0.2) is 0 Å². The molecule has 0 bridgehead atoms. The fourth-order valence-corrected chi connectivity index (χ4v) is 4.87. The van der Waals surface area contributed by atoms with E-state index in [1.165, 1.54) is 0 Å². The highest BCUT2D eigenvalue weighted by Gasteiger charge is 2.41. The Hall–Kier alpha value is -2.95. The molecule has 0 saturated heterocycles. The zero-order chi connectivity index (χ0) is 21.6. The smallest absolute Gasteiger partial charge is 0.163 e. The molecule has 162 valence electrons. The van der Waals surface area contributed by atoms with E-state index in [1.54, 1.807) is 0 Å². The van der Waals surface area contributed by atoms with Crippen molar-refractivity contribution in [3.63, 3.8) is 0 Å². The lowest BCUT2D eigenvalue weighted by Gasteiger charge is -2.40. The highest BCUT2D eigenvalue weighted by molar-refractivity contribution is 6.01. The summed E-state index contributed by atoms with van der Waals surface area (Å²) in [7, 11) is 0. The van der Waals surface area contributed by atoms with Crippen LogP contribution in [0.15, 0.2) is 47.7 Å². The molecule has 31 heavy (non-hydrogen) atoms. The van der Waals surface area contributed by atoms with Gasteiger partial charge < -0.3 is 19.5 Å². The lowest BCUT2D eigenvalue weighted by Crippen LogP contribution is -2.34. The van der Waals surface area contributed by atoms with Crippen molar-refractivity contribution in [2.45, 2.75) is 46.0 Å². The van der Waals surface area contributed by atoms with Gasteiger partial charge in [-0.05, 0) is 47.6 Å². The Morgan fingerprint density at radius 2 is 1.77 bits per heavy atom. The van der Waals surface area contributed by atoms with Crippen LogP contribution in [0, 0.1) is 5.41 Å². The van der Waals surface area contributed by atoms with E-state index in [0.717, 1.165) is 58.2 Å². The van der Waals surface area contributed by atoms with Gasteiger partial charge in [-0.2, -0.15) is 0 Å². The first-order valence-corrected chi connectivity index (χ1v) is 11.1. The van der Waals surface area contributed by atoms with Gasteiger partial charge in [0.1, 0.15) is 19.0 Å². The number of rotatable bonds is 4. The van der Waals surface area contributed by atoms with Gasteiger partial charge in [-0.1, -0.05) is 32.9 Å². The number of Topliss-reactive ketones (excluding diaryl/α,β-unsaturated/α-hetero) is 1. The second-order valence-corrected chi connectivity index (χ2v) is 9.39. The molecule has 2 aliphatic heterocycles. The lowest BCUT2D eigenvalue weighted by molar-refractivity contribution is -0.118. The number of hydrogen-bond acceptors (Lipinski definition) is 5. The minimum atomic E-state index is -0.133. The van der Waals surface area contributed by atoms with Crippen LogP contribution in [0.4, 0.5) is 5.69 Å². The van der Waals surface area contributed by atoms with Gasteiger partial charge in [0, 0.05) is 35.4 Å². The van der Waals surface area contributed by atoms with E-state index < -0.39 is 0 Å². The topological polar surface area (TPSA) is 56.8 Å². The molecular formula is C26H29NO4. The molecule has 0 radical (unpaired) electrons. The number of nitrogens with one attached hydrogen (secondary N) is 1. The van der Waals surface area contributed by atoms with E-state index in [4.69, 9.17) is 14.2 Å². The molecule has 2 aromatic carbocycles. The van der Waals surface area contributed by atoms with E-state index in [-0.39, 0.29) is 17.1 Å². The molecule has 0 spiro atoms. The molecular weight excluding hydrogens is 390 g/mol. The maximum Gasteiger partial charge on any atom is 0.163 e. The van der Waals surface area contributed by atoms with Crippen LogP contribution >= 0.6 is 0 Å². The number of benzene rings is 2. The SMILES string of the molecule is CCCOc1ccc(C2C3=C(CC(C)(C)CC3=O)Nc3cc4c(cc32)OCCO4)cc1. The molecule has 1 unspecified atom stereocenters. The van der Waals surface area contributed by atoms with Crippen LogP contribution in [0.25, 0.3) is 0 Å². The van der Waals surface area contributed by atoms with E-state index in [1.807, 2.05) is 24.3 Å². The van der Waals surface area contributed by atoms with Crippen molar-refractivity contribution in [1.82, 2.24) is 0 Å². The number of ether oxygens (including phenoxy) is 3. The number of fused-ring (bicyclic) bond motifs is 2. The summed E-state index contributed by atoms with van der Waals surface area (Å²) in [5.41, 5.74) is 4.98. The summed E-state index contributed by atoms with van der Waals surface area (Å²) in [5.74, 6) is 2.44. The molecule has 0 aromatic heterocycles. The molecule has 5 rings (SSSR count). The first-order chi connectivity index (χ1) is 14.9.